The molecule has 0 unspecified atom stereocenters. The van der Waals surface area contributed by atoms with E-state index in [4.69, 9.17) is 0 Å². The van der Waals surface area contributed by atoms with E-state index in [-0.39, 0.29) is 35.5 Å². The number of rotatable bonds is 2. The Kier molecular flexibility index (Phi) is 3.52. The maximum absolute atomic E-state index is 13.2. The molecule has 4 atom stereocenters. The fourth-order valence-corrected chi connectivity index (χ4v) is 4.48. The van der Waals surface area contributed by atoms with Crippen LogP contribution < -0.4 is 0 Å². The zero-order chi connectivity index (χ0) is 17.9. The molecule has 25 heavy (non-hydrogen) atoms. The van der Waals surface area contributed by atoms with Crippen LogP contribution in [0.4, 0.5) is 0 Å². The molecule has 0 spiro atoms. The number of nitrogens with zero attached hydrogens (tertiary/aromatic N) is 4. The van der Waals surface area contributed by atoms with Crippen LogP contribution in [0.15, 0.2) is 24.3 Å². The van der Waals surface area contributed by atoms with Gasteiger partial charge in [0.25, 0.3) is 11.8 Å². The van der Waals surface area contributed by atoms with E-state index in [1.165, 1.54) is 9.36 Å². The molecular weight excluding hydrogens is 316 g/mol. The maximum atomic E-state index is 13.2. The summed E-state index contributed by atoms with van der Waals surface area (Å²) in [5.74, 6) is -0.696. The second kappa shape index (κ2) is 5.51. The van der Waals surface area contributed by atoms with Gasteiger partial charge in [-0.15, -0.1) is 0 Å². The Morgan fingerprint density at radius 1 is 0.840 bits per heavy atom. The summed E-state index contributed by atoms with van der Waals surface area (Å²) < 4.78 is 2.94. The summed E-state index contributed by atoms with van der Waals surface area (Å²) in [4.78, 5) is 26.4. The Morgan fingerprint density at radius 2 is 1.24 bits per heavy atom. The lowest BCUT2D eigenvalue weighted by Crippen LogP contribution is -2.39. The lowest BCUT2D eigenvalue weighted by Gasteiger charge is -2.26. The molecule has 0 aliphatic heterocycles. The minimum absolute atomic E-state index is 0.0812. The van der Waals surface area contributed by atoms with Crippen LogP contribution in [0.5, 0.6) is 0 Å². The van der Waals surface area contributed by atoms with Crippen molar-refractivity contribution in [2.45, 2.75) is 34.1 Å². The first kappa shape index (κ1) is 16.0. The molecule has 2 aromatic heterocycles. The molecular formula is C19H22N4O2. The van der Waals surface area contributed by atoms with Crippen LogP contribution in [0.1, 0.15) is 38.8 Å². The number of carbonyl (C=O) groups is 2. The molecule has 1 fully saturated rings. The van der Waals surface area contributed by atoms with Gasteiger partial charge < -0.3 is 0 Å². The molecule has 6 heteroatoms. The van der Waals surface area contributed by atoms with Crippen molar-refractivity contribution in [2.75, 3.05) is 0 Å². The third-order valence-electron chi connectivity index (χ3n) is 5.47. The van der Waals surface area contributed by atoms with Gasteiger partial charge in [0.2, 0.25) is 0 Å². The van der Waals surface area contributed by atoms with Gasteiger partial charge in [0.15, 0.2) is 0 Å². The second-order valence-electron chi connectivity index (χ2n) is 7.35. The molecule has 0 radical (unpaired) electrons. The molecule has 0 N–H and O–H groups in total. The molecule has 0 amide bonds. The number of hydrogen-bond acceptors (Lipinski definition) is 4. The molecule has 2 aliphatic carbocycles. The average molecular weight is 338 g/mol. The summed E-state index contributed by atoms with van der Waals surface area (Å²) >= 11 is 0. The molecule has 2 aromatic rings. The van der Waals surface area contributed by atoms with Crippen LogP contribution in [0, 0.1) is 51.4 Å². The van der Waals surface area contributed by atoms with Gasteiger partial charge in [0.05, 0.1) is 23.2 Å². The topological polar surface area (TPSA) is 69.8 Å². The molecule has 6 nitrogen and oxygen atoms in total. The summed E-state index contributed by atoms with van der Waals surface area (Å²) in [6.45, 7) is 7.49. The number of aromatic nitrogens is 4. The molecule has 2 heterocycles. The first-order chi connectivity index (χ1) is 11.9. The third kappa shape index (κ3) is 2.39. The van der Waals surface area contributed by atoms with Crippen LogP contribution in [-0.2, 0) is 0 Å². The Hall–Kier alpha value is -2.50. The van der Waals surface area contributed by atoms with E-state index in [9.17, 15) is 9.59 Å². The Morgan fingerprint density at radius 3 is 1.56 bits per heavy atom. The smallest absolute Gasteiger partial charge is 0.251 e. The van der Waals surface area contributed by atoms with Crippen molar-refractivity contribution in [3.63, 3.8) is 0 Å². The Labute approximate surface area is 146 Å². The zero-order valence-corrected chi connectivity index (χ0v) is 14.9. The highest BCUT2D eigenvalue weighted by atomic mass is 16.2. The largest absolute Gasteiger partial charge is 0.272 e. The minimum Gasteiger partial charge on any atom is -0.272 e. The lowest BCUT2D eigenvalue weighted by atomic mass is 9.81. The Bertz CT molecular complexity index is 832. The average Bonchev–Trinajstić information content (AvgIpc) is 3.29. The SMILES string of the molecule is Cc1cc(C)n(C(=O)[C@@H]2[C@@H](C(=O)n3nc(C)cc3C)[C@H]3C=C[C@H]2C3)n1. The van der Waals surface area contributed by atoms with Gasteiger partial charge in [-0.3, -0.25) is 9.59 Å². The molecule has 130 valence electrons. The predicted octanol–water partition coefficient (Wildman–Crippen LogP) is 2.73. The van der Waals surface area contributed by atoms with Crippen molar-refractivity contribution in [3.8, 4) is 0 Å². The lowest BCUT2D eigenvalue weighted by molar-refractivity contribution is 0.0628. The van der Waals surface area contributed by atoms with Crippen molar-refractivity contribution >= 4 is 11.8 Å². The predicted molar refractivity (Wildman–Crippen MR) is 92.4 cm³/mol. The van der Waals surface area contributed by atoms with Crippen LogP contribution >= 0.6 is 0 Å². The van der Waals surface area contributed by atoms with Crippen molar-refractivity contribution in [1.29, 1.82) is 0 Å². The number of carbonyl (C=O) groups excluding carboxylic acids is 2. The Balaban J connectivity index is 1.72. The standard InChI is InChI=1S/C19H22N4O2/c1-10-7-12(3)22(20-10)18(24)16-14-5-6-15(9-14)17(16)19(25)23-13(4)8-11(2)21-23/h5-8,14-17H,9H2,1-4H3/t14-,15-,16-,17-/m0/s1. The van der Waals surface area contributed by atoms with Gasteiger partial charge in [-0.25, -0.2) is 9.36 Å². The summed E-state index contributed by atoms with van der Waals surface area (Å²) in [6, 6.07) is 3.78. The van der Waals surface area contributed by atoms with Gasteiger partial charge in [-0.2, -0.15) is 10.2 Å². The normalized spacial score (nSPS) is 27.2. The third-order valence-corrected chi connectivity index (χ3v) is 5.47. The van der Waals surface area contributed by atoms with Gasteiger partial charge in [-0.1, -0.05) is 12.2 Å². The molecule has 2 aliphatic rings. The number of allylic oxidation sites excluding steroid dienone is 2. The highest BCUT2D eigenvalue weighted by Crippen LogP contribution is 2.49. The van der Waals surface area contributed by atoms with Gasteiger partial charge in [0.1, 0.15) is 0 Å². The summed E-state index contributed by atoms with van der Waals surface area (Å²) in [5.41, 5.74) is 3.25. The van der Waals surface area contributed by atoms with Crippen LogP contribution in [0.2, 0.25) is 0 Å². The fraction of sp³-hybridized carbons (Fsp3) is 0.474. The summed E-state index contributed by atoms with van der Waals surface area (Å²) in [5, 5.41) is 8.67. The van der Waals surface area contributed by atoms with Crippen molar-refractivity contribution in [1.82, 2.24) is 19.6 Å². The fourth-order valence-electron chi connectivity index (χ4n) is 4.48. The number of fused-ring (bicyclic) bond motifs is 2. The molecule has 2 bridgehead atoms. The highest BCUT2D eigenvalue weighted by Gasteiger charge is 2.52. The summed E-state index contributed by atoms with van der Waals surface area (Å²) in [7, 11) is 0. The van der Waals surface area contributed by atoms with Crippen LogP contribution in [-0.4, -0.2) is 31.4 Å². The van der Waals surface area contributed by atoms with E-state index in [0.29, 0.717) is 0 Å². The van der Waals surface area contributed by atoms with E-state index in [2.05, 4.69) is 22.3 Å². The first-order valence-corrected chi connectivity index (χ1v) is 8.70. The summed E-state index contributed by atoms with van der Waals surface area (Å²) in [6.07, 6.45) is 5.03. The highest BCUT2D eigenvalue weighted by molar-refractivity contribution is 5.91. The van der Waals surface area contributed by atoms with E-state index in [1.54, 1.807) is 0 Å². The molecule has 1 saturated carbocycles. The van der Waals surface area contributed by atoms with E-state index in [1.807, 2.05) is 39.8 Å². The van der Waals surface area contributed by atoms with Gasteiger partial charge in [0, 0.05) is 11.4 Å². The second-order valence-corrected chi connectivity index (χ2v) is 7.35. The van der Waals surface area contributed by atoms with Gasteiger partial charge >= 0.3 is 0 Å². The van der Waals surface area contributed by atoms with Crippen molar-refractivity contribution in [3.05, 3.63) is 47.1 Å². The van der Waals surface area contributed by atoms with E-state index < -0.39 is 0 Å². The molecule has 0 aromatic carbocycles. The van der Waals surface area contributed by atoms with Crippen molar-refractivity contribution in [2.24, 2.45) is 23.7 Å². The number of hydrogen-bond donors (Lipinski definition) is 0. The van der Waals surface area contributed by atoms with Gasteiger partial charge in [-0.05, 0) is 58.1 Å². The minimum atomic E-state index is -0.371. The molecule has 0 saturated heterocycles. The first-order valence-electron chi connectivity index (χ1n) is 8.70. The van der Waals surface area contributed by atoms with Crippen LogP contribution in [0.3, 0.4) is 0 Å². The van der Waals surface area contributed by atoms with E-state index >= 15 is 0 Å². The number of aryl methyl sites for hydroxylation is 4. The van der Waals surface area contributed by atoms with E-state index in [0.717, 1.165) is 29.2 Å². The molecule has 4 rings (SSSR count). The monoisotopic (exact) mass is 338 g/mol. The van der Waals surface area contributed by atoms with Crippen LogP contribution in [0.25, 0.3) is 0 Å². The quantitative estimate of drug-likeness (QED) is 0.790. The zero-order valence-electron chi connectivity index (χ0n) is 14.9. The van der Waals surface area contributed by atoms with Crippen molar-refractivity contribution < 1.29 is 9.59 Å². The maximum Gasteiger partial charge on any atom is 0.251 e.